The molecule has 10 heavy (non-hydrogen) atoms. The van der Waals surface area contributed by atoms with Crippen molar-refractivity contribution in [3.05, 3.63) is 0 Å². The molecule has 2 atom stereocenters. The van der Waals surface area contributed by atoms with E-state index in [9.17, 15) is 0 Å². The standard InChI is InChI=1S/C8H18BN/c1-4-7(2)5-8(3)6-9-10/h7-8,10H,4-6H2,1-3H3. The van der Waals surface area contributed by atoms with E-state index in [0.717, 1.165) is 12.2 Å². The van der Waals surface area contributed by atoms with E-state index in [1.165, 1.54) is 19.9 Å². The Kier molecular flexibility index (Phi) is 5.56. The summed E-state index contributed by atoms with van der Waals surface area (Å²) in [6, 6.07) is 0. The predicted octanol–water partition coefficient (Wildman–Crippen LogP) is 2.94. The molecule has 0 spiro atoms. The Bertz CT molecular complexity index is 93.3. The second kappa shape index (κ2) is 5.63. The molecular formula is C8H18BN. The molecule has 0 heterocycles. The van der Waals surface area contributed by atoms with Crippen molar-refractivity contribution in [2.24, 2.45) is 11.8 Å². The molecule has 0 fully saturated rings. The zero-order chi connectivity index (χ0) is 7.98. The van der Waals surface area contributed by atoms with E-state index in [4.69, 9.17) is 5.31 Å². The van der Waals surface area contributed by atoms with E-state index >= 15 is 0 Å². The van der Waals surface area contributed by atoms with Crippen molar-refractivity contribution >= 4 is 7.07 Å². The van der Waals surface area contributed by atoms with E-state index < -0.39 is 0 Å². The van der Waals surface area contributed by atoms with Gasteiger partial charge in [0.05, 0.1) is 0 Å². The van der Waals surface area contributed by atoms with Crippen molar-refractivity contribution in [1.29, 1.82) is 5.31 Å². The van der Waals surface area contributed by atoms with Gasteiger partial charge in [-0.05, 0) is 0 Å². The first kappa shape index (κ1) is 9.86. The monoisotopic (exact) mass is 139 g/mol. The van der Waals surface area contributed by atoms with Crippen molar-refractivity contribution in [2.45, 2.75) is 39.9 Å². The fourth-order valence-electron chi connectivity index (χ4n) is 1.15. The molecule has 0 aliphatic heterocycles. The molecule has 1 N–H and O–H groups in total. The molecule has 0 aromatic carbocycles. The minimum atomic E-state index is 0.701. The molecule has 0 aliphatic carbocycles. The normalized spacial score (nSPS) is 15.9. The summed E-state index contributed by atoms with van der Waals surface area (Å²) >= 11 is 0. The fraction of sp³-hybridized carbons (Fsp3) is 1.00. The van der Waals surface area contributed by atoms with Crippen molar-refractivity contribution in [3.8, 4) is 0 Å². The Hall–Kier alpha value is -0.135. The Morgan fingerprint density at radius 3 is 2.30 bits per heavy atom. The van der Waals surface area contributed by atoms with Crippen LogP contribution >= 0.6 is 0 Å². The third-order valence-electron chi connectivity index (χ3n) is 2.02. The number of rotatable bonds is 5. The average molecular weight is 139 g/mol. The van der Waals surface area contributed by atoms with Crippen molar-refractivity contribution < 1.29 is 0 Å². The van der Waals surface area contributed by atoms with Gasteiger partial charge in [0.15, 0.2) is 0 Å². The van der Waals surface area contributed by atoms with E-state index in [0.29, 0.717) is 5.92 Å². The van der Waals surface area contributed by atoms with Crippen molar-refractivity contribution in [2.75, 3.05) is 0 Å². The zero-order valence-corrected chi connectivity index (χ0v) is 7.35. The maximum atomic E-state index is 6.91. The summed E-state index contributed by atoms with van der Waals surface area (Å²) in [4.78, 5) is 0. The first-order valence-corrected chi connectivity index (χ1v) is 4.19. The Morgan fingerprint density at radius 1 is 1.30 bits per heavy atom. The van der Waals surface area contributed by atoms with Gasteiger partial charge in [0, 0.05) is 0 Å². The van der Waals surface area contributed by atoms with Crippen LogP contribution < -0.4 is 0 Å². The van der Waals surface area contributed by atoms with Crippen molar-refractivity contribution in [3.63, 3.8) is 0 Å². The van der Waals surface area contributed by atoms with Crippen LogP contribution in [0.1, 0.15) is 33.6 Å². The van der Waals surface area contributed by atoms with Crippen LogP contribution in [0.2, 0.25) is 6.32 Å². The molecule has 0 aliphatic rings. The molecule has 0 aromatic rings. The van der Waals surface area contributed by atoms with E-state index in [1.54, 1.807) is 0 Å². The van der Waals surface area contributed by atoms with Gasteiger partial charge < -0.3 is 0 Å². The molecule has 58 valence electrons. The predicted molar refractivity (Wildman–Crippen MR) is 46.5 cm³/mol. The summed E-state index contributed by atoms with van der Waals surface area (Å²) in [5.41, 5.74) is 0. The molecule has 0 bridgehead atoms. The average Bonchev–Trinajstić information content (AvgIpc) is 1.88. The van der Waals surface area contributed by atoms with Crippen LogP contribution in [-0.4, -0.2) is 7.07 Å². The van der Waals surface area contributed by atoms with Crippen LogP contribution in [0.3, 0.4) is 0 Å². The van der Waals surface area contributed by atoms with E-state index in [2.05, 4.69) is 20.8 Å². The van der Waals surface area contributed by atoms with E-state index in [-0.39, 0.29) is 0 Å². The van der Waals surface area contributed by atoms with Crippen LogP contribution in [0, 0.1) is 17.1 Å². The molecule has 0 radical (unpaired) electrons. The molecule has 0 saturated heterocycles. The quantitative estimate of drug-likeness (QED) is 0.566. The number of hydrogen-bond donors (Lipinski definition) is 1. The summed E-state index contributed by atoms with van der Waals surface area (Å²) in [6.07, 6.45) is 3.48. The molecular weight excluding hydrogens is 121 g/mol. The SMILES string of the molecule is CCC(C)CC(C)CB=N. The molecule has 0 rings (SSSR count). The molecule has 0 amide bonds. The number of hydrogen-bond acceptors (Lipinski definition) is 1. The van der Waals surface area contributed by atoms with Gasteiger partial charge in [0.25, 0.3) is 0 Å². The van der Waals surface area contributed by atoms with Crippen LogP contribution in [0.5, 0.6) is 0 Å². The summed E-state index contributed by atoms with van der Waals surface area (Å²) in [5.74, 6) is 1.53. The molecule has 0 saturated carbocycles. The van der Waals surface area contributed by atoms with Gasteiger partial charge >= 0.3 is 64.2 Å². The third-order valence-corrected chi connectivity index (χ3v) is 2.02. The third kappa shape index (κ3) is 4.72. The van der Waals surface area contributed by atoms with Gasteiger partial charge in [-0.3, -0.25) is 0 Å². The summed E-state index contributed by atoms with van der Waals surface area (Å²) < 4.78 is 0. The second-order valence-electron chi connectivity index (χ2n) is 3.29. The molecule has 1 nitrogen and oxygen atoms in total. The summed E-state index contributed by atoms with van der Waals surface area (Å²) in [5, 5.41) is 6.91. The zero-order valence-electron chi connectivity index (χ0n) is 7.35. The van der Waals surface area contributed by atoms with E-state index in [1.807, 2.05) is 0 Å². The number of nitrogens with one attached hydrogen (secondary N) is 1. The first-order valence-electron chi connectivity index (χ1n) is 4.19. The minimum absolute atomic E-state index is 0.701. The molecule has 2 unspecified atom stereocenters. The van der Waals surface area contributed by atoms with Crippen LogP contribution in [0.4, 0.5) is 0 Å². The molecule has 0 aromatic heterocycles. The van der Waals surface area contributed by atoms with Crippen molar-refractivity contribution in [1.82, 2.24) is 0 Å². The van der Waals surface area contributed by atoms with Crippen LogP contribution in [-0.2, 0) is 0 Å². The van der Waals surface area contributed by atoms with Crippen LogP contribution in [0.15, 0.2) is 0 Å². The second-order valence-corrected chi connectivity index (χ2v) is 3.29. The molecule has 2 heteroatoms. The summed E-state index contributed by atoms with van der Waals surface area (Å²) in [7, 11) is 1.52. The Balaban J connectivity index is 3.35. The summed E-state index contributed by atoms with van der Waals surface area (Å²) in [6.45, 7) is 6.72. The Labute approximate surface area is 65.0 Å². The van der Waals surface area contributed by atoms with Crippen LogP contribution in [0.25, 0.3) is 0 Å². The van der Waals surface area contributed by atoms with Gasteiger partial charge in [0.1, 0.15) is 0 Å². The van der Waals surface area contributed by atoms with Gasteiger partial charge in [0.2, 0.25) is 0 Å². The fourth-order valence-corrected chi connectivity index (χ4v) is 1.15. The van der Waals surface area contributed by atoms with Gasteiger partial charge in [-0.25, -0.2) is 0 Å². The first-order chi connectivity index (χ1) is 4.70. The van der Waals surface area contributed by atoms with Gasteiger partial charge in [-0.15, -0.1) is 0 Å². The van der Waals surface area contributed by atoms with Gasteiger partial charge in [-0.2, -0.15) is 0 Å². The van der Waals surface area contributed by atoms with Gasteiger partial charge in [-0.1, -0.05) is 0 Å². The maximum absolute atomic E-state index is 6.91. The topological polar surface area (TPSA) is 23.9 Å². The Morgan fingerprint density at radius 2 is 1.90 bits per heavy atom.